The summed E-state index contributed by atoms with van der Waals surface area (Å²) < 4.78 is 32.9. The summed E-state index contributed by atoms with van der Waals surface area (Å²) in [7, 11) is 0. The molecule has 0 unspecified atom stereocenters. The molecule has 0 spiro atoms. The van der Waals surface area contributed by atoms with Crippen LogP contribution in [0.4, 0.5) is 13.6 Å². The average molecular weight is 433 g/mol. The lowest BCUT2D eigenvalue weighted by atomic mass is 9.98. The third-order valence-corrected chi connectivity index (χ3v) is 5.46. The number of carbonyl (C=O) groups excluding carboxylic acids is 2. The lowest BCUT2D eigenvalue weighted by Gasteiger charge is -2.14. The molecule has 1 amide bonds. The first-order valence-corrected chi connectivity index (χ1v) is 10.3. The Hall–Kier alpha value is -3.80. The quantitative estimate of drug-likeness (QED) is 0.383. The van der Waals surface area contributed by atoms with Gasteiger partial charge >= 0.3 is 6.09 Å². The summed E-state index contributed by atoms with van der Waals surface area (Å²) >= 11 is 0. The van der Waals surface area contributed by atoms with Gasteiger partial charge in [0, 0.05) is 18.0 Å². The Morgan fingerprint density at radius 2 is 1.53 bits per heavy atom. The van der Waals surface area contributed by atoms with E-state index < -0.39 is 17.7 Å². The van der Waals surface area contributed by atoms with Gasteiger partial charge in [-0.15, -0.1) is 0 Å². The number of amides is 1. The van der Waals surface area contributed by atoms with Crippen molar-refractivity contribution in [2.45, 2.75) is 12.3 Å². The molecule has 0 saturated heterocycles. The number of hydrogen-bond donors (Lipinski definition) is 1. The summed E-state index contributed by atoms with van der Waals surface area (Å²) in [6.07, 6.45) is 3.16. The predicted octanol–water partition coefficient (Wildman–Crippen LogP) is 5.72. The topological polar surface area (TPSA) is 55.4 Å². The highest BCUT2D eigenvalue weighted by Crippen LogP contribution is 2.44. The first kappa shape index (κ1) is 21.4. The van der Waals surface area contributed by atoms with Gasteiger partial charge in [-0.1, -0.05) is 60.7 Å². The number of carbonyl (C=O) groups is 2. The molecule has 1 aliphatic carbocycles. The number of fused-ring (bicyclic) bond motifs is 3. The second-order valence-electron chi connectivity index (χ2n) is 7.46. The van der Waals surface area contributed by atoms with Crippen LogP contribution in [-0.4, -0.2) is 25.5 Å². The van der Waals surface area contributed by atoms with Gasteiger partial charge in [-0.25, -0.2) is 13.6 Å². The molecule has 32 heavy (non-hydrogen) atoms. The number of halogens is 2. The van der Waals surface area contributed by atoms with Crippen LogP contribution in [0.25, 0.3) is 17.2 Å². The fourth-order valence-corrected chi connectivity index (χ4v) is 3.91. The number of aldehydes is 1. The maximum Gasteiger partial charge on any atom is 0.407 e. The lowest BCUT2D eigenvalue weighted by Crippen LogP contribution is -2.26. The van der Waals surface area contributed by atoms with Gasteiger partial charge in [-0.3, -0.25) is 4.79 Å². The fourth-order valence-electron chi connectivity index (χ4n) is 3.91. The van der Waals surface area contributed by atoms with E-state index in [0.29, 0.717) is 6.42 Å². The fraction of sp³-hybridized carbons (Fsp3) is 0.154. The molecular weight excluding hydrogens is 412 g/mol. The maximum atomic E-state index is 13.8. The largest absolute Gasteiger partial charge is 0.449 e. The molecule has 1 N–H and O–H groups in total. The molecule has 3 aromatic rings. The second kappa shape index (κ2) is 9.56. The molecule has 0 heterocycles. The summed E-state index contributed by atoms with van der Waals surface area (Å²) in [5.74, 6) is -1.48. The van der Waals surface area contributed by atoms with Crippen LogP contribution in [0, 0.1) is 11.6 Å². The maximum absolute atomic E-state index is 13.8. The molecule has 3 aromatic carbocycles. The van der Waals surface area contributed by atoms with Gasteiger partial charge in [0.05, 0.1) is 5.56 Å². The van der Waals surface area contributed by atoms with Crippen molar-refractivity contribution in [2.75, 3.05) is 13.2 Å². The van der Waals surface area contributed by atoms with Gasteiger partial charge in [-0.2, -0.15) is 0 Å². The van der Waals surface area contributed by atoms with Crippen LogP contribution in [-0.2, 0) is 4.74 Å². The second-order valence-corrected chi connectivity index (χ2v) is 7.46. The SMILES string of the molecule is O=Cc1cc(F)c(C=CCCNC(=O)OCC2c3ccccc3-c3ccccc32)cc1F. The Morgan fingerprint density at radius 3 is 2.19 bits per heavy atom. The van der Waals surface area contributed by atoms with E-state index in [0.717, 1.165) is 34.4 Å². The van der Waals surface area contributed by atoms with Gasteiger partial charge in [0.2, 0.25) is 0 Å². The number of benzene rings is 3. The molecule has 0 aliphatic heterocycles. The first-order valence-electron chi connectivity index (χ1n) is 10.3. The van der Waals surface area contributed by atoms with Gasteiger partial charge in [0.15, 0.2) is 6.29 Å². The van der Waals surface area contributed by atoms with Crippen LogP contribution in [0.1, 0.15) is 39.4 Å². The zero-order chi connectivity index (χ0) is 22.5. The van der Waals surface area contributed by atoms with E-state index in [1.807, 2.05) is 24.3 Å². The van der Waals surface area contributed by atoms with Crippen molar-refractivity contribution in [2.24, 2.45) is 0 Å². The summed E-state index contributed by atoms with van der Waals surface area (Å²) in [5.41, 5.74) is 4.31. The molecule has 1 aliphatic rings. The molecule has 4 nitrogen and oxygen atoms in total. The van der Waals surface area contributed by atoms with Crippen molar-refractivity contribution in [1.82, 2.24) is 5.32 Å². The molecule has 6 heteroatoms. The summed E-state index contributed by atoms with van der Waals surface area (Å²) in [4.78, 5) is 22.8. The predicted molar refractivity (Wildman–Crippen MR) is 118 cm³/mol. The molecular formula is C26H21F2NO3. The van der Waals surface area contributed by atoms with E-state index in [2.05, 4.69) is 29.6 Å². The van der Waals surface area contributed by atoms with E-state index in [4.69, 9.17) is 4.74 Å². The van der Waals surface area contributed by atoms with E-state index >= 15 is 0 Å². The smallest absolute Gasteiger partial charge is 0.407 e. The molecule has 0 fully saturated rings. The highest BCUT2D eigenvalue weighted by atomic mass is 19.1. The third kappa shape index (κ3) is 4.44. The van der Waals surface area contributed by atoms with Crippen LogP contribution < -0.4 is 5.32 Å². The Labute approximate surface area is 184 Å². The number of nitrogens with one attached hydrogen (secondary N) is 1. The number of alkyl carbamates (subject to hydrolysis) is 1. The summed E-state index contributed by atoms with van der Waals surface area (Å²) in [6, 6.07) is 18.0. The lowest BCUT2D eigenvalue weighted by molar-refractivity contribution is 0.111. The Bertz CT molecular complexity index is 1140. The Morgan fingerprint density at radius 1 is 0.938 bits per heavy atom. The molecule has 0 saturated carbocycles. The van der Waals surface area contributed by atoms with E-state index in [9.17, 15) is 18.4 Å². The molecule has 0 bridgehead atoms. The van der Waals surface area contributed by atoms with Gasteiger partial charge in [-0.05, 0) is 40.8 Å². The van der Waals surface area contributed by atoms with Crippen molar-refractivity contribution in [3.63, 3.8) is 0 Å². The number of ether oxygens (including phenoxy) is 1. The minimum atomic E-state index is -0.780. The zero-order valence-corrected chi connectivity index (χ0v) is 17.2. The van der Waals surface area contributed by atoms with Crippen molar-refractivity contribution in [3.8, 4) is 11.1 Å². The minimum Gasteiger partial charge on any atom is -0.449 e. The molecule has 0 atom stereocenters. The molecule has 0 aromatic heterocycles. The Balaban J connectivity index is 1.28. The van der Waals surface area contributed by atoms with Crippen LogP contribution in [0.3, 0.4) is 0 Å². The number of hydrogen-bond acceptors (Lipinski definition) is 3. The van der Waals surface area contributed by atoms with Crippen LogP contribution in [0.5, 0.6) is 0 Å². The zero-order valence-electron chi connectivity index (χ0n) is 17.2. The van der Waals surface area contributed by atoms with Crippen molar-refractivity contribution < 1.29 is 23.1 Å². The van der Waals surface area contributed by atoms with Gasteiger partial charge < -0.3 is 10.1 Å². The Kier molecular flexibility index (Phi) is 6.40. The third-order valence-electron chi connectivity index (χ3n) is 5.46. The van der Waals surface area contributed by atoms with Crippen LogP contribution in [0.2, 0.25) is 0 Å². The normalized spacial score (nSPS) is 12.4. The van der Waals surface area contributed by atoms with Crippen molar-refractivity contribution >= 4 is 18.5 Å². The van der Waals surface area contributed by atoms with E-state index in [-0.39, 0.29) is 36.5 Å². The van der Waals surface area contributed by atoms with Crippen LogP contribution >= 0.6 is 0 Å². The highest BCUT2D eigenvalue weighted by Gasteiger charge is 2.28. The molecule has 0 radical (unpaired) electrons. The average Bonchev–Trinajstić information content (AvgIpc) is 3.13. The monoisotopic (exact) mass is 433 g/mol. The molecule has 162 valence electrons. The van der Waals surface area contributed by atoms with E-state index in [1.165, 1.54) is 6.08 Å². The van der Waals surface area contributed by atoms with E-state index in [1.54, 1.807) is 6.08 Å². The van der Waals surface area contributed by atoms with Crippen molar-refractivity contribution in [3.05, 3.63) is 101 Å². The van der Waals surface area contributed by atoms with Crippen LogP contribution in [0.15, 0.2) is 66.7 Å². The highest BCUT2D eigenvalue weighted by molar-refractivity contribution is 5.79. The van der Waals surface area contributed by atoms with Gasteiger partial charge in [0.1, 0.15) is 18.2 Å². The first-order chi connectivity index (χ1) is 15.6. The summed E-state index contributed by atoms with van der Waals surface area (Å²) in [5, 5.41) is 2.66. The minimum absolute atomic E-state index is 0.0137. The molecule has 4 rings (SSSR count). The summed E-state index contributed by atoms with van der Waals surface area (Å²) in [6.45, 7) is 0.507. The number of rotatable bonds is 7. The standard InChI is InChI=1S/C26H21F2NO3/c27-24-14-18(15-30)25(28)13-17(24)7-5-6-12-29-26(31)32-16-23-21-10-3-1-8-19(21)20-9-2-4-11-22(20)23/h1-5,7-11,13-15,23H,6,12,16H2,(H,29,31). The van der Waals surface area contributed by atoms with Gasteiger partial charge in [0.25, 0.3) is 0 Å². The van der Waals surface area contributed by atoms with Crippen molar-refractivity contribution in [1.29, 1.82) is 0 Å².